The van der Waals surface area contributed by atoms with E-state index in [0.29, 0.717) is 18.4 Å². The predicted molar refractivity (Wildman–Crippen MR) is 73.8 cm³/mol. The Morgan fingerprint density at radius 3 is 3.16 bits per heavy atom. The van der Waals surface area contributed by atoms with Crippen LogP contribution in [0.5, 0.6) is 0 Å². The fourth-order valence-electron chi connectivity index (χ4n) is 2.45. The van der Waals surface area contributed by atoms with Crippen LogP contribution in [0.2, 0.25) is 0 Å². The molecule has 1 aromatic heterocycles. The van der Waals surface area contributed by atoms with Gasteiger partial charge in [-0.3, -0.25) is 14.7 Å². The van der Waals surface area contributed by atoms with E-state index in [2.05, 4.69) is 32.4 Å². The van der Waals surface area contributed by atoms with Crippen LogP contribution >= 0.6 is 0 Å². The number of anilines is 1. The summed E-state index contributed by atoms with van der Waals surface area (Å²) >= 11 is 0. The molecule has 2 rings (SSSR count). The van der Waals surface area contributed by atoms with Crippen molar-refractivity contribution < 1.29 is 4.79 Å². The van der Waals surface area contributed by atoms with Crippen molar-refractivity contribution in [1.82, 2.24) is 20.2 Å². The predicted octanol–water partition coefficient (Wildman–Crippen LogP) is 0.489. The Hall–Kier alpha value is -1.53. The molecule has 0 unspecified atom stereocenters. The van der Waals surface area contributed by atoms with E-state index in [1.54, 1.807) is 12.4 Å². The summed E-state index contributed by atoms with van der Waals surface area (Å²) in [6.45, 7) is 5.61. The first-order valence-electron chi connectivity index (χ1n) is 6.80. The van der Waals surface area contributed by atoms with Crippen LogP contribution in [0.3, 0.4) is 0 Å². The molecule has 0 spiro atoms. The number of amides is 1. The van der Waals surface area contributed by atoms with Crippen LogP contribution in [0.15, 0.2) is 18.6 Å². The second-order valence-corrected chi connectivity index (χ2v) is 4.69. The Balaban J connectivity index is 1.67. The Morgan fingerprint density at radius 1 is 1.53 bits per heavy atom. The van der Waals surface area contributed by atoms with E-state index in [9.17, 15) is 4.79 Å². The van der Waals surface area contributed by atoms with Gasteiger partial charge in [0.1, 0.15) is 0 Å². The van der Waals surface area contributed by atoms with Crippen LogP contribution < -0.4 is 10.6 Å². The number of hydrogen-bond acceptors (Lipinski definition) is 5. The van der Waals surface area contributed by atoms with Gasteiger partial charge in [0.2, 0.25) is 5.91 Å². The first-order chi connectivity index (χ1) is 9.29. The van der Waals surface area contributed by atoms with E-state index in [4.69, 9.17) is 0 Å². The smallest absolute Gasteiger partial charge is 0.239 e. The molecule has 2 heterocycles. The largest absolute Gasteiger partial charge is 0.308 e. The van der Waals surface area contributed by atoms with Gasteiger partial charge < -0.3 is 10.6 Å². The number of nitrogens with zero attached hydrogens (tertiary/aromatic N) is 3. The third-order valence-corrected chi connectivity index (χ3v) is 3.40. The first kappa shape index (κ1) is 13.9. The number of nitrogens with one attached hydrogen (secondary N) is 2. The zero-order valence-corrected chi connectivity index (χ0v) is 11.3. The molecule has 6 heteroatoms. The lowest BCUT2D eigenvalue weighted by Crippen LogP contribution is -2.40. The van der Waals surface area contributed by atoms with Crippen molar-refractivity contribution in [2.24, 2.45) is 0 Å². The van der Waals surface area contributed by atoms with E-state index in [1.807, 2.05) is 0 Å². The van der Waals surface area contributed by atoms with Crippen molar-refractivity contribution in [3.8, 4) is 0 Å². The lowest BCUT2D eigenvalue weighted by molar-refractivity contribution is -0.115. The van der Waals surface area contributed by atoms with Crippen molar-refractivity contribution in [3.63, 3.8) is 0 Å². The Kier molecular flexibility index (Phi) is 5.23. The van der Waals surface area contributed by atoms with Crippen LogP contribution in [-0.2, 0) is 4.79 Å². The number of rotatable bonds is 6. The second-order valence-electron chi connectivity index (χ2n) is 4.69. The summed E-state index contributed by atoms with van der Waals surface area (Å²) in [5, 5.41) is 5.91. The van der Waals surface area contributed by atoms with Crippen LogP contribution in [-0.4, -0.2) is 53.0 Å². The standard InChI is InChI=1S/C13H21N5O/c1-2-18-7-3-4-11(18)8-15-10-13(19)17-12-9-14-5-6-16-12/h5-6,9,11,15H,2-4,7-8,10H2,1H3,(H,16,17,19)/t11-/m1/s1. The van der Waals surface area contributed by atoms with Gasteiger partial charge in [-0.15, -0.1) is 0 Å². The van der Waals surface area contributed by atoms with Gasteiger partial charge in [0.05, 0.1) is 12.7 Å². The quantitative estimate of drug-likeness (QED) is 0.781. The van der Waals surface area contributed by atoms with Gasteiger partial charge in [-0.1, -0.05) is 6.92 Å². The average molecular weight is 263 g/mol. The summed E-state index contributed by atoms with van der Waals surface area (Å²) in [6, 6.07) is 0.564. The van der Waals surface area contributed by atoms with Crippen LogP contribution in [0, 0.1) is 0 Å². The number of likely N-dealkylation sites (tertiary alicyclic amines) is 1. The molecule has 1 atom stereocenters. The molecular weight excluding hydrogens is 242 g/mol. The lowest BCUT2D eigenvalue weighted by Gasteiger charge is -2.22. The molecule has 1 aliphatic heterocycles. The third-order valence-electron chi connectivity index (χ3n) is 3.40. The minimum atomic E-state index is -0.0819. The minimum Gasteiger partial charge on any atom is -0.308 e. The van der Waals surface area contributed by atoms with Gasteiger partial charge in [0.15, 0.2) is 5.82 Å². The Morgan fingerprint density at radius 2 is 2.42 bits per heavy atom. The van der Waals surface area contributed by atoms with Gasteiger partial charge in [-0.25, -0.2) is 4.98 Å². The molecule has 1 saturated heterocycles. The number of hydrogen-bond donors (Lipinski definition) is 2. The molecular formula is C13H21N5O. The third kappa shape index (κ3) is 4.25. The summed E-state index contributed by atoms with van der Waals surface area (Å²) in [5.41, 5.74) is 0. The fraction of sp³-hybridized carbons (Fsp3) is 0.615. The molecule has 2 N–H and O–H groups in total. The van der Waals surface area contributed by atoms with Gasteiger partial charge in [-0.05, 0) is 25.9 Å². The van der Waals surface area contributed by atoms with Gasteiger partial charge in [0, 0.05) is 25.0 Å². The summed E-state index contributed by atoms with van der Waals surface area (Å²) in [7, 11) is 0. The molecule has 1 aliphatic rings. The summed E-state index contributed by atoms with van der Waals surface area (Å²) < 4.78 is 0. The van der Waals surface area contributed by atoms with Crippen molar-refractivity contribution in [2.45, 2.75) is 25.8 Å². The van der Waals surface area contributed by atoms with Gasteiger partial charge in [0.25, 0.3) is 0 Å². The zero-order valence-electron chi connectivity index (χ0n) is 11.3. The maximum absolute atomic E-state index is 11.7. The first-order valence-corrected chi connectivity index (χ1v) is 6.80. The lowest BCUT2D eigenvalue weighted by atomic mass is 10.2. The maximum Gasteiger partial charge on any atom is 0.239 e. The van der Waals surface area contributed by atoms with Crippen LogP contribution in [0.25, 0.3) is 0 Å². The molecule has 1 aromatic rings. The number of carbonyl (C=O) groups is 1. The molecule has 19 heavy (non-hydrogen) atoms. The van der Waals surface area contributed by atoms with E-state index in [1.165, 1.54) is 25.6 Å². The van der Waals surface area contributed by atoms with Crippen molar-refractivity contribution >= 4 is 11.7 Å². The van der Waals surface area contributed by atoms with E-state index in [-0.39, 0.29) is 5.91 Å². The average Bonchev–Trinajstić information content (AvgIpc) is 2.87. The van der Waals surface area contributed by atoms with E-state index < -0.39 is 0 Å². The Bertz CT molecular complexity index is 397. The molecule has 0 saturated carbocycles. The Labute approximate surface area is 113 Å². The molecule has 0 bridgehead atoms. The van der Waals surface area contributed by atoms with Crippen molar-refractivity contribution in [2.75, 3.05) is 31.5 Å². The summed E-state index contributed by atoms with van der Waals surface area (Å²) in [6.07, 6.45) is 7.14. The monoisotopic (exact) mass is 263 g/mol. The van der Waals surface area contributed by atoms with E-state index in [0.717, 1.165) is 13.1 Å². The minimum absolute atomic E-state index is 0.0819. The zero-order chi connectivity index (χ0) is 13.5. The molecule has 1 fully saturated rings. The highest BCUT2D eigenvalue weighted by atomic mass is 16.1. The van der Waals surface area contributed by atoms with Crippen molar-refractivity contribution in [1.29, 1.82) is 0 Å². The summed E-state index contributed by atoms with van der Waals surface area (Å²) in [5.74, 6) is 0.409. The number of likely N-dealkylation sites (N-methyl/N-ethyl adjacent to an activating group) is 1. The number of carbonyl (C=O) groups excluding carboxylic acids is 1. The molecule has 0 aliphatic carbocycles. The fourth-order valence-corrected chi connectivity index (χ4v) is 2.45. The highest BCUT2D eigenvalue weighted by Gasteiger charge is 2.22. The van der Waals surface area contributed by atoms with Gasteiger partial charge >= 0.3 is 0 Å². The van der Waals surface area contributed by atoms with Crippen molar-refractivity contribution in [3.05, 3.63) is 18.6 Å². The normalized spacial score (nSPS) is 19.5. The van der Waals surface area contributed by atoms with E-state index >= 15 is 0 Å². The molecule has 6 nitrogen and oxygen atoms in total. The van der Waals surface area contributed by atoms with Crippen LogP contribution in [0.1, 0.15) is 19.8 Å². The highest BCUT2D eigenvalue weighted by Crippen LogP contribution is 2.15. The molecule has 104 valence electrons. The van der Waals surface area contributed by atoms with Crippen LogP contribution in [0.4, 0.5) is 5.82 Å². The molecule has 1 amide bonds. The molecule has 0 radical (unpaired) electrons. The number of aromatic nitrogens is 2. The SMILES string of the molecule is CCN1CCC[C@@H]1CNCC(=O)Nc1cnccn1. The topological polar surface area (TPSA) is 70.2 Å². The second kappa shape index (κ2) is 7.16. The molecule has 0 aromatic carbocycles. The van der Waals surface area contributed by atoms with Gasteiger partial charge in [-0.2, -0.15) is 0 Å². The maximum atomic E-state index is 11.7. The summed E-state index contributed by atoms with van der Waals surface area (Å²) in [4.78, 5) is 22.0. The highest BCUT2D eigenvalue weighted by molar-refractivity contribution is 5.91.